The van der Waals surface area contributed by atoms with E-state index in [9.17, 15) is 4.79 Å². The minimum Gasteiger partial charge on any atom is -0.459 e. The van der Waals surface area contributed by atoms with Gasteiger partial charge >= 0.3 is 0 Å². The molecule has 0 fully saturated rings. The van der Waals surface area contributed by atoms with Gasteiger partial charge in [-0.15, -0.1) is 0 Å². The molecule has 4 N–H and O–H groups in total. The van der Waals surface area contributed by atoms with Gasteiger partial charge in [0.1, 0.15) is 0 Å². The molecule has 0 aromatic carbocycles. The lowest BCUT2D eigenvalue weighted by Crippen LogP contribution is -2.36. The third kappa shape index (κ3) is 3.84. The summed E-state index contributed by atoms with van der Waals surface area (Å²) in [5.74, 6) is -0.177. The monoisotopic (exact) mass is 265 g/mol. The first kappa shape index (κ1) is 15.3. The minimum absolute atomic E-state index is 0.0948. The van der Waals surface area contributed by atoms with E-state index >= 15 is 0 Å². The average Bonchev–Trinajstić information content (AvgIpc) is 2.58. The summed E-state index contributed by atoms with van der Waals surface area (Å²) in [5, 5.41) is 9.39. The zero-order chi connectivity index (χ0) is 14.8. The van der Waals surface area contributed by atoms with E-state index in [0.29, 0.717) is 5.92 Å². The van der Waals surface area contributed by atoms with Crippen LogP contribution in [0.4, 0.5) is 0 Å². The molecule has 0 aliphatic carbocycles. The number of guanidine groups is 1. The number of hydrogen-bond donors (Lipinski definition) is 3. The van der Waals surface area contributed by atoms with Crippen molar-refractivity contribution in [2.24, 2.45) is 11.7 Å². The van der Waals surface area contributed by atoms with Crippen molar-refractivity contribution < 1.29 is 9.21 Å². The molecule has 0 spiro atoms. The fourth-order valence-electron chi connectivity index (χ4n) is 1.99. The van der Waals surface area contributed by atoms with Crippen molar-refractivity contribution in [1.82, 2.24) is 5.32 Å². The summed E-state index contributed by atoms with van der Waals surface area (Å²) in [6.07, 6.45) is 2.39. The van der Waals surface area contributed by atoms with Gasteiger partial charge in [0.2, 0.25) is 0 Å². The number of carbonyl (C=O) groups excluding carboxylic acids is 1. The molecular weight excluding hydrogens is 242 g/mol. The fraction of sp³-hybridized carbons (Fsp3) is 0.571. The summed E-state index contributed by atoms with van der Waals surface area (Å²) in [6.45, 7) is 10.4. The van der Waals surface area contributed by atoms with Gasteiger partial charge < -0.3 is 10.2 Å². The maximum absolute atomic E-state index is 12.0. The summed E-state index contributed by atoms with van der Waals surface area (Å²) in [4.78, 5) is 12.0. The van der Waals surface area contributed by atoms with Crippen LogP contribution in [0.5, 0.6) is 0 Å². The standard InChI is InChI=1S/C14H23N3O2/c1-8(2)6-9-10(14(3,4)5)7-19-11(9)12(18)17-13(15)16/h7-8H,6H2,1-5H3,(H4,15,16,17,18). The normalized spacial score (nSPS) is 11.7. The molecule has 0 aliphatic heterocycles. The molecule has 5 heteroatoms. The molecule has 106 valence electrons. The Morgan fingerprint density at radius 2 is 2.05 bits per heavy atom. The number of nitrogens with two attached hydrogens (primary N) is 1. The van der Waals surface area contributed by atoms with Crippen LogP contribution in [-0.4, -0.2) is 11.9 Å². The molecule has 0 radical (unpaired) electrons. The Labute approximate surface area is 114 Å². The van der Waals surface area contributed by atoms with E-state index in [0.717, 1.165) is 17.5 Å². The van der Waals surface area contributed by atoms with Crippen molar-refractivity contribution in [3.05, 3.63) is 23.2 Å². The first-order valence-corrected chi connectivity index (χ1v) is 6.39. The SMILES string of the molecule is CC(C)Cc1c(C(C)(C)C)coc1C(=O)NC(=N)N. The Balaban J connectivity index is 3.21. The van der Waals surface area contributed by atoms with Crippen LogP contribution in [0.15, 0.2) is 10.7 Å². The lowest BCUT2D eigenvalue weighted by Gasteiger charge is -2.19. The molecule has 0 aliphatic rings. The van der Waals surface area contributed by atoms with Crippen molar-refractivity contribution in [3.63, 3.8) is 0 Å². The fourth-order valence-corrected chi connectivity index (χ4v) is 1.99. The third-order valence-corrected chi connectivity index (χ3v) is 2.77. The molecular formula is C14H23N3O2. The quantitative estimate of drug-likeness (QED) is 0.578. The maximum atomic E-state index is 12.0. The van der Waals surface area contributed by atoms with Crippen LogP contribution in [0.1, 0.15) is 56.3 Å². The van der Waals surface area contributed by atoms with E-state index in [2.05, 4.69) is 39.9 Å². The van der Waals surface area contributed by atoms with Crippen molar-refractivity contribution in [1.29, 1.82) is 5.41 Å². The van der Waals surface area contributed by atoms with Crippen LogP contribution < -0.4 is 11.1 Å². The third-order valence-electron chi connectivity index (χ3n) is 2.77. The second-order valence-corrected chi connectivity index (χ2v) is 6.17. The van der Waals surface area contributed by atoms with Crippen LogP contribution in [-0.2, 0) is 11.8 Å². The minimum atomic E-state index is -0.460. The summed E-state index contributed by atoms with van der Waals surface area (Å²) in [7, 11) is 0. The Kier molecular flexibility index (Phi) is 4.39. The maximum Gasteiger partial charge on any atom is 0.293 e. The highest BCUT2D eigenvalue weighted by Gasteiger charge is 2.27. The number of furan rings is 1. The van der Waals surface area contributed by atoms with E-state index in [4.69, 9.17) is 15.6 Å². The van der Waals surface area contributed by atoms with Gasteiger partial charge in [-0.05, 0) is 23.3 Å². The van der Waals surface area contributed by atoms with E-state index < -0.39 is 5.91 Å². The topological polar surface area (TPSA) is 92.1 Å². The summed E-state index contributed by atoms with van der Waals surface area (Å²) < 4.78 is 5.42. The van der Waals surface area contributed by atoms with Gasteiger partial charge in [-0.3, -0.25) is 15.5 Å². The molecule has 1 aromatic heterocycles. The van der Waals surface area contributed by atoms with E-state index in [-0.39, 0.29) is 17.1 Å². The number of nitrogens with one attached hydrogen (secondary N) is 2. The molecule has 1 rings (SSSR count). The highest BCUT2D eigenvalue weighted by Crippen LogP contribution is 2.31. The van der Waals surface area contributed by atoms with Crippen LogP contribution >= 0.6 is 0 Å². The highest BCUT2D eigenvalue weighted by molar-refractivity contribution is 6.03. The van der Waals surface area contributed by atoms with Gasteiger partial charge in [0.15, 0.2) is 11.7 Å². The first-order chi connectivity index (χ1) is 8.62. The number of carbonyl (C=O) groups is 1. The number of amides is 1. The highest BCUT2D eigenvalue weighted by atomic mass is 16.3. The molecule has 0 atom stereocenters. The predicted octanol–water partition coefficient (Wildman–Crippen LogP) is 2.40. The molecule has 0 bridgehead atoms. The summed E-state index contributed by atoms with van der Waals surface area (Å²) in [5.41, 5.74) is 7.02. The molecule has 0 saturated carbocycles. The van der Waals surface area contributed by atoms with Gasteiger partial charge in [-0.1, -0.05) is 34.6 Å². The summed E-state index contributed by atoms with van der Waals surface area (Å²) in [6, 6.07) is 0. The zero-order valence-electron chi connectivity index (χ0n) is 12.3. The predicted molar refractivity (Wildman–Crippen MR) is 75.3 cm³/mol. The van der Waals surface area contributed by atoms with Gasteiger partial charge in [-0.2, -0.15) is 0 Å². The van der Waals surface area contributed by atoms with Crippen molar-refractivity contribution in [2.45, 2.75) is 46.5 Å². The van der Waals surface area contributed by atoms with Gasteiger partial charge in [0.05, 0.1) is 6.26 Å². The molecule has 1 heterocycles. The number of rotatable bonds is 3. The van der Waals surface area contributed by atoms with Crippen molar-refractivity contribution in [3.8, 4) is 0 Å². The van der Waals surface area contributed by atoms with Crippen LogP contribution in [0.2, 0.25) is 0 Å². The molecule has 0 saturated heterocycles. The zero-order valence-corrected chi connectivity index (χ0v) is 12.3. The Morgan fingerprint density at radius 1 is 1.47 bits per heavy atom. The van der Waals surface area contributed by atoms with E-state index in [1.807, 2.05) is 0 Å². The van der Waals surface area contributed by atoms with Crippen molar-refractivity contribution in [2.75, 3.05) is 0 Å². The Bertz CT molecular complexity index is 481. The van der Waals surface area contributed by atoms with Crippen molar-refractivity contribution >= 4 is 11.9 Å². The largest absolute Gasteiger partial charge is 0.459 e. The molecule has 1 amide bonds. The second kappa shape index (κ2) is 5.47. The lowest BCUT2D eigenvalue weighted by molar-refractivity contribution is 0.0948. The Morgan fingerprint density at radius 3 is 2.47 bits per heavy atom. The summed E-state index contributed by atoms with van der Waals surface area (Å²) >= 11 is 0. The van der Waals surface area contributed by atoms with Crippen LogP contribution in [0.3, 0.4) is 0 Å². The molecule has 5 nitrogen and oxygen atoms in total. The van der Waals surface area contributed by atoms with Gasteiger partial charge in [0.25, 0.3) is 5.91 Å². The molecule has 19 heavy (non-hydrogen) atoms. The van der Waals surface area contributed by atoms with E-state index in [1.54, 1.807) is 6.26 Å². The van der Waals surface area contributed by atoms with Crippen LogP contribution in [0.25, 0.3) is 0 Å². The van der Waals surface area contributed by atoms with E-state index in [1.165, 1.54) is 0 Å². The number of hydrogen-bond acceptors (Lipinski definition) is 3. The molecule has 1 aromatic rings. The van der Waals surface area contributed by atoms with Gasteiger partial charge in [-0.25, -0.2) is 0 Å². The van der Waals surface area contributed by atoms with Crippen LogP contribution in [0, 0.1) is 11.3 Å². The average molecular weight is 265 g/mol. The smallest absolute Gasteiger partial charge is 0.293 e. The Hall–Kier alpha value is -1.78. The van der Waals surface area contributed by atoms with Gasteiger partial charge in [0, 0.05) is 5.56 Å². The molecule has 0 unspecified atom stereocenters. The first-order valence-electron chi connectivity index (χ1n) is 6.39. The lowest BCUT2D eigenvalue weighted by atomic mass is 9.83. The second-order valence-electron chi connectivity index (χ2n) is 6.17.